The molecule has 0 radical (unpaired) electrons. The maximum atomic E-state index is 12.3. The van der Waals surface area contributed by atoms with Crippen LogP contribution in [0.5, 0.6) is 0 Å². The second-order valence-corrected chi connectivity index (χ2v) is 5.93. The first-order valence-electron chi connectivity index (χ1n) is 5.52. The summed E-state index contributed by atoms with van der Waals surface area (Å²) in [4.78, 5) is 12.0. The molecule has 0 aliphatic heterocycles. The van der Waals surface area contributed by atoms with Gasteiger partial charge < -0.3 is 4.90 Å². The summed E-state index contributed by atoms with van der Waals surface area (Å²) in [5, 5.41) is 0. The Kier molecular flexibility index (Phi) is 5.84. The van der Waals surface area contributed by atoms with Crippen molar-refractivity contribution in [2.75, 3.05) is 13.1 Å². The number of alkyl halides is 3. The normalized spacial score (nSPS) is 14.6. The molecular weight excluding hydrogens is 251 g/mol. The molecule has 17 heavy (non-hydrogen) atoms. The predicted molar refractivity (Wildman–Crippen MR) is 65.2 cm³/mol. The van der Waals surface area contributed by atoms with E-state index >= 15 is 0 Å². The minimum atomic E-state index is -4.36. The first-order chi connectivity index (χ1) is 7.47. The Labute approximate surface area is 106 Å². The van der Waals surface area contributed by atoms with E-state index in [0.717, 1.165) is 11.8 Å². The lowest BCUT2D eigenvalue weighted by molar-refractivity contribution is -0.161. The summed E-state index contributed by atoms with van der Waals surface area (Å²) < 4.78 is 36.5. The molecule has 0 aromatic heterocycles. The smallest absolute Gasteiger partial charge is 0.334 e. The van der Waals surface area contributed by atoms with Gasteiger partial charge in [-0.15, -0.1) is 0 Å². The standard InChI is InChI=1S/C11H20F3NOS/c1-5-9(10(3,4)17)6-15(8(2)16)7-11(12,13)14/h9,17H,5-7H2,1-4H3/t9-/m0/s1. The highest BCUT2D eigenvalue weighted by molar-refractivity contribution is 7.81. The Morgan fingerprint density at radius 1 is 1.35 bits per heavy atom. The zero-order valence-electron chi connectivity index (χ0n) is 10.6. The topological polar surface area (TPSA) is 20.3 Å². The van der Waals surface area contributed by atoms with Gasteiger partial charge in [0.1, 0.15) is 6.54 Å². The summed E-state index contributed by atoms with van der Waals surface area (Å²) in [6.07, 6.45) is -3.68. The van der Waals surface area contributed by atoms with Gasteiger partial charge in [-0.2, -0.15) is 25.8 Å². The van der Waals surface area contributed by atoms with Crippen molar-refractivity contribution in [2.45, 2.75) is 45.0 Å². The van der Waals surface area contributed by atoms with E-state index in [0.29, 0.717) is 6.42 Å². The number of nitrogens with zero attached hydrogens (tertiary/aromatic N) is 1. The lowest BCUT2D eigenvalue weighted by atomic mass is 9.91. The maximum absolute atomic E-state index is 12.3. The SMILES string of the molecule is CC[C@@H](CN(CC(F)(F)F)C(C)=O)C(C)(C)S. The van der Waals surface area contributed by atoms with Gasteiger partial charge in [0.2, 0.25) is 5.91 Å². The van der Waals surface area contributed by atoms with Crippen LogP contribution in [0.4, 0.5) is 13.2 Å². The largest absolute Gasteiger partial charge is 0.406 e. The molecule has 0 saturated carbocycles. The van der Waals surface area contributed by atoms with Crippen LogP contribution < -0.4 is 0 Å². The van der Waals surface area contributed by atoms with E-state index in [4.69, 9.17) is 0 Å². The fourth-order valence-corrected chi connectivity index (χ4v) is 1.90. The number of hydrogen-bond acceptors (Lipinski definition) is 2. The van der Waals surface area contributed by atoms with Crippen LogP contribution in [-0.2, 0) is 4.79 Å². The third-order valence-corrected chi connectivity index (χ3v) is 3.11. The molecule has 0 bridgehead atoms. The minimum Gasteiger partial charge on any atom is -0.334 e. The van der Waals surface area contributed by atoms with Crippen molar-refractivity contribution in [3.8, 4) is 0 Å². The monoisotopic (exact) mass is 271 g/mol. The molecular formula is C11H20F3NOS. The number of thiol groups is 1. The van der Waals surface area contributed by atoms with Crippen molar-refractivity contribution in [3.05, 3.63) is 0 Å². The molecule has 0 aliphatic carbocycles. The number of halogens is 3. The highest BCUT2D eigenvalue weighted by Crippen LogP contribution is 2.28. The van der Waals surface area contributed by atoms with Crippen molar-refractivity contribution in [1.29, 1.82) is 0 Å². The summed E-state index contributed by atoms with van der Waals surface area (Å²) >= 11 is 4.37. The van der Waals surface area contributed by atoms with E-state index < -0.39 is 23.4 Å². The molecule has 0 rings (SSSR count). The summed E-state index contributed by atoms with van der Waals surface area (Å²) in [7, 11) is 0. The number of carbonyl (C=O) groups excluding carboxylic acids is 1. The van der Waals surface area contributed by atoms with Gasteiger partial charge in [0.05, 0.1) is 0 Å². The molecule has 1 amide bonds. The molecule has 0 fully saturated rings. The van der Waals surface area contributed by atoms with E-state index in [1.54, 1.807) is 0 Å². The molecule has 102 valence electrons. The van der Waals surface area contributed by atoms with Crippen LogP contribution in [0.25, 0.3) is 0 Å². The van der Waals surface area contributed by atoms with Crippen molar-refractivity contribution >= 4 is 18.5 Å². The van der Waals surface area contributed by atoms with Crippen LogP contribution in [0, 0.1) is 5.92 Å². The number of rotatable bonds is 5. The molecule has 0 N–H and O–H groups in total. The summed E-state index contributed by atoms with van der Waals surface area (Å²) in [6.45, 7) is 5.62. The Hall–Kier alpha value is -0.390. The van der Waals surface area contributed by atoms with Crippen LogP contribution in [0.3, 0.4) is 0 Å². The molecule has 0 spiro atoms. The molecule has 0 unspecified atom stereocenters. The third kappa shape index (κ3) is 6.81. The zero-order valence-corrected chi connectivity index (χ0v) is 11.5. The van der Waals surface area contributed by atoms with Crippen molar-refractivity contribution < 1.29 is 18.0 Å². The van der Waals surface area contributed by atoms with Gasteiger partial charge in [0, 0.05) is 18.2 Å². The van der Waals surface area contributed by atoms with Crippen LogP contribution in [0.1, 0.15) is 34.1 Å². The van der Waals surface area contributed by atoms with E-state index in [2.05, 4.69) is 12.6 Å². The fraction of sp³-hybridized carbons (Fsp3) is 0.909. The molecule has 0 aromatic rings. The molecule has 0 heterocycles. The average Bonchev–Trinajstić information content (AvgIpc) is 2.07. The molecule has 2 nitrogen and oxygen atoms in total. The van der Waals surface area contributed by atoms with E-state index in [1.807, 2.05) is 20.8 Å². The molecule has 0 aliphatic rings. The Balaban J connectivity index is 4.70. The van der Waals surface area contributed by atoms with E-state index in [1.165, 1.54) is 0 Å². The Morgan fingerprint density at radius 3 is 2.06 bits per heavy atom. The maximum Gasteiger partial charge on any atom is 0.406 e. The lowest BCUT2D eigenvalue weighted by Crippen LogP contribution is -2.44. The second kappa shape index (κ2) is 5.98. The lowest BCUT2D eigenvalue weighted by Gasteiger charge is -2.34. The van der Waals surface area contributed by atoms with Gasteiger partial charge in [0.25, 0.3) is 0 Å². The van der Waals surface area contributed by atoms with E-state index in [-0.39, 0.29) is 12.5 Å². The molecule has 6 heteroatoms. The molecule has 0 saturated heterocycles. The molecule has 1 atom stereocenters. The summed E-state index contributed by atoms with van der Waals surface area (Å²) in [6, 6.07) is 0. The van der Waals surface area contributed by atoms with Crippen molar-refractivity contribution in [3.63, 3.8) is 0 Å². The quantitative estimate of drug-likeness (QED) is 0.762. The van der Waals surface area contributed by atoms with Gasteiger partial charge >= 0.3 is 6.18 Å². The second-order valence-electron chi connectivity index (χ2n) is 4.77. The fourth-order valence-electron chi connectivity index (χ4n) is 1.64. The highest BCUT2D eigenvalue weighted by Gasteiger charge is 2.34. The first kappa shape index (κ1) is 16.6. The Morgan fingerprint density at radius 2 is 1.82 bits per heavy atom. The first-order valence-corrected chi connectivity index (χ1v) is 5.96. The average molecular weight is 271 g/mol. The van der Waals surface area contributed by atoms with Gasteiger partial charge in [-0.25, -0.2) is 0 Å². The number of carbonyl (C=O) groups is 1. The Bertz CT molecular complexity index is 260. The molecule has 0 aromatic carbocycles. The van der Waals surface area contributed by atoms with Crippen molar-refractivity contribution in [1.82, 2.24) is 4.90 Å². The zero-order chi connectivity index (χ0) is 13.9. The minimum absolute atomic E-state index is 0.0721. The summed E-state index contributed by atoms with van der Waals surface area (Å²) in [5.41, 5.74) is 0. The van der Waals surface area contributed by atoms with Gasteiger partial charge in [-0.05, 0) is 5.92 Å². The van der Waals surface area contributed by atoms with Crippen LogP contribution in [0.15, 0.2) is 0 Å². The van der Waals surface area contributed by atoms with Crippen LogP contribution in [0.2, 0.25) is 0 Å². The number of amides is 1. The van der Waals surface area contributed by atoms with Gasteiger partial charge in [-0.1, -0.05) is 27.2 Å². The summed E-state index contributed by atoms with van der Waals surface area (Å²) in [5.74, 6) is -0.629. The van der Waals surface area contributed by atoms with Crippen LogP contribution in [-0.4, -0.2) is 34.8 Å². The predicted octanol–water partition coefficient (Wildman–Crippen LogP) is 3.13. The number of hydrogen-bond donors (Lipinski definition) is 1. The van der Waals surface area contributed by atoms with Crippen molar-refractivity contribution in [2.24, 2.45) is 5.92 Å². The van der Waals surface area contributed by atoms with Gasteiger partial charge in [-0.3, -0.25) is 4.79 Å². The van der Waals surface area contributed by atoms with Crippen LogP contribution >= 0.6 is 12.6 Å². The van der Waals surface area contributed by atoms with E-state index in [9.17, 15) is 18.0 Å². The highest BCUT2D eigenvalue weighted by atomic mass is 32.1. The van der Waals surface area contributed by atoms with Gasteiger partial charge in [0.15, 0.2) is 0 Å². The third-order valence-electron chi connectivity index (χ3n) is 2.75.